The van der Waals surface area contributed by atoms with Crippen LogP contribution in [0.15, 0.2) is 11.8 Å². The van der Waals surface area contributed by atoms with Gasteiger partial charge in [0.05, 0.1) is 0 Å². The van der Waals surface area contributed by atoms with Crippen molar-refractivity contribution in [2.24, 2.45) is 0 Å². The molecule has 0 fully saturated rings. The number of carbonyl (C=O) groups excluding carboxylic acids is 1. The lowest BCUT2D eigenvalue weighted by Gasteiger charge is -2.04. The Bertz CT molecular complexity index is 187. The second kappa shape index (κ2) is 8.56. The summed E-state index contributed by atoms with van der Waals surface area (Å²) in [7, 11) is 0. The predicted octanol–water partition coefficient (Wildman–Crippen LogP) is 1.64. The van der Waals surface area contributed by atoms with Gasteiger partial charge in [0.15, 0.2) is 0 Å². The molecule has 0 aromatic carbocycles. The first-order chi connectivity index (χ1) is 6.66. The summed E-state index contributed by atoms with van der Waals surface area (Å²) in [5.74, 6) is 0. The number of hydrogen-bond donors (Lipinski definition) is 2. The molecule has 0 spiro atoms. The number of ether oxygens (including phenoxy) is 1. The van der Waals surface area contributed by atoms with E-state index in [0.717, 1.165) is 18.6 Å². The molecule has 0 heterocycles. The second-order valence-electron chi connectivity index (χ2n) is 3.17. The summed E-state index contributed by atoms with van der Waals surface area (Å²) < 4.78 is 5.13. The summed E-state index contributed by atoms with van der Waals surface area (Å²) in [6, 6.07) is -0.164. The van der Waals surface area contributed by atoms with Crippen LogP contribution in [0, 0.1) is 0 Å². The Labute approximate surface area is 85.7 Å². The van der Waals surface area contributed by atoms with Crippen molar-refractivity contribution < 1.29 is 9.53 Å². The molecule has 0 unspecified atom stereocenters. The van der Waals surface area contributed by atoms with Crippen LogP contribution in [0.2, 0.25) is 0 Å². The van der Waals surface area contributed by atoms with Crippen LogP contribution in [0.5, 0.6) is 0 Å². The minimum absolute atomic E-state index is 0.164. The molecule has 0 rings (SSSR count). The molecule has 0 saturated heterocycles. The topological polar surface area (TPSA) is 50.4 Å². The van der Waals surface area contributed by atoms with Gasteiger partial charge in [-0.2, -0.15) is 0 Å². The van der Waals surface area contributed by atoms with Crippen LogP contribution in [-0.2, 0) is 4.74 Å². The number of nitrogens with one attached hydrogen (secondary N) is 2. The van der Waals surface area contributed by atoms with Gasteiger partial charge in [0.2, 0.25) is 0 Å². The molecule has 0 atom stereocenters. The van der Waals surface area contributed by atoms with E-state index in [0.29, 0.717) is 13.2 Å². The van der Waals surface area contributed by atoms with Gasteiger partial charge in [0, 0.05) is 26.0 Å². The Morgan fingerprint density at radius 2 is 2.14 bits per heavy atom. The van der Waals surface area contributed by atoms with Crippen molar-refractivity contribution >= 4 is 6.03 Å². The van der Waals surface area contributed by atoms with E-state index in [1.165, 1.54) is 0 Å². The van der Waals surface area contributed by atoms with Crippen LogP contribution < -0.4 is 10.6 Å². The third kappa shape index (κ3) is 9.06. The Hall–Kier alpha value is -1.03. The predicted molar refractivity (Wildman–Crippen MR) is 57.1 cm³/mol. The smallest absolute Gasteiger partial charge is 0.318 e. The van der Waals surface area contributed by atoms with E-state index in [-0.39, 0.29) is 6.03 Å². The molecule has 0 aromatic heterocycles. The van der Waals surface area contributed by atoms with Crippen molar-refractivity contribution in [3.63, 3.8) is 0 Å². The van der Waals surface area contributed by atoms with Crippen molar-refractivity contribution in [2.45, 2.75) is 27.2 Å². The molecule has 0 radical (unpaired) electrons. The van der Waals surface area contributed by atoms with E-state index in [9.17, 15) is 4.79 Å². The first-order valence-electron chi connectivity index (χ1n) is 4.92. The van der Waals surface area contributed by atoms with Crippen LogP contribution in [0.3, 0.4) is 0 Å². The van der Waals surface area contributed by atoms with Crippen molar-refractivity contribution in [1.82, 2.24) is 10.6 Å². The molecule has 2 N–H and O–H groups in total. The summed E-state index contributed by atoms with van der Waals surface area (Å²) in [6.07, 6.45) is 2.52. The normalized spacial score (nSPS) is 9.36. The van der Waals surface area contributed by atoms with Gasteiger partial charge in [-0.05, 0) is 27.2 Å². The van der Waals surface area contributed by atoms with Crippen molar-refractivity contribution in [3.8, 4) is 0 Å². The molecule has 0 aromatic rings. The maximum Gasteiger partial charge on any atom is 0.318 e. The number of rotatable bonds is 6. The summed E-state index contributed by atoms with van der Waals surface area (Å²) >= 11 is 0. The van der Waals surface area contributed by atoms with E-state index in [1.54, 1.807) is 6.20 Å². The van der Waals surface area contributed by atoms with Crippen LogP contribution in [0.25, 0.3) is 0 Å². The van der Waals surface area contributed by atoms with Crippen molar-refractivity contribution in [2.75, 3.05) is 19.8 Å². The molecule has 82 valence electrons. The van der Waals surface area contributed by atoms with E-state index in [4.69, 9.17) is 4.74 Å². The molecule has 4 heteroatoms. The Kier molecular flexibility index (Phi) is 7.93. The van der Waals surface area contributed by atoms with Gasteiger partial charge in [0.1, 0.15) is 0 Å². The largest absolute Gasteiger partial charge is 0.382 e. The minimum Gasteiger partial charge on any atom is -0.382 e. The Balaban J connectivity index is 3.32. The molecule has 0 aliphatic heterocycles. The zero-order valence-corrected chi connectivity index (χ0v) is 9.22. The zero-order chi connectivity index (χ0) is 10.8. The van der Waals surface area contributed by atoms with Gasteiger partial charge in [-0.25, -0.2) is 4.79 Å². The highest BCUT2D eigenvalue weighted by Crippen LogP contribution is 1.84. The quantitative estimate of drug-likeness (QED) is 0.640. The highest BCUT2D eigenvalue weighted by atomic mass is 16.5. The maximum atomic E-state index is 11.1. The fourth-order valence-corrected chi connectivity index (χ4v) is 0.781. The van der Waals surface area contributed by atoms with Crippen molar-refractivity contribution in [1.29, 1.82) is 0 Å². The van der Waals surface area contributed by atoms with Gasteiger partial charge in [-0.1, -0.05) is 5.57 Å². The first kappa shape index (κ1) is 13.0. The van der Waals surface area contributed by atoms with Crippen LogP contribution in [0.1, 0.15) is 27.2 Å². The van der Waals surface area contributed by atoms with E-state index in [2.05, 4.69) is 10.6 Å². The molecule has 0 aliphatic carbocycles. The lowest BCUT2D eigenvalue weighted by molar-refractivity contribution is 0.145. The van der Waals surface area contributed by atoms with Gasteiger partial charge in [-0.15, -0.1) is 0 Å². The number of hydrogen-bond acceptors (Lipinski definition) is 2. The molecule has 2 amide bonds. The van der Waals surface area contributed by atoms with Crippen molar-refractivity contribution in [3.05, 3.63) is 11.8 Å². The molecule has 4 nitrogen and oxygen atoms in total. The van der Waals surface area contributed by atoms with E-state index in [1.807, 2.05) is 20.8 Å². The van der Waals surface area contributed by atoms with Gasteiger partial charge in [0.25, 0.3) is 0 Å². The first-order valence-corrected chi connectivity index (χ1v) is 4.92. The molecule has 0 aliphatic rings. The molecular formula is C10H20N2O2. The molecule has 14 heavy (non-hydrogen) atoms. The lowest BCUT2D eigenvalue weighted by Crippen LogP contribution is -2.33. The molecular weight excluding hydrogens is 180 g/mol. The fourth-order valence-electron chi connectivity index (χ4n) is 0.781. The Morgan fingerprint density at radius 1 is 1.43 bits per heavy atom. The standard InChI is InChI=1S/C10H20N2O2/c1-4-14-7-5-6-11-10(13)12-8-9(2)3/h8H,4-7H2,1-3H3,(H2,11,12,13). The van der Waals surface area contributed by atoms with Crippen LogP contribution in [0.4, 0.5) is 4.79 Å². The zero-order valence-electron chi connectivity index (χ0n) is 9.22. The average Bonchev–Trinajstić information content (AvgIpc) is 2.14. The van der Waals surface area contributed by atoms with Crippen LogP contribution in [-0.4, -0.2) is 25.8 Å². The number of urea groups is 1. The van der Waals surface area contributed by atoms with E-state index >= 15 is 0 Å². The summed E-state index contributed by atoms with van der Waals surface area (Å²) in [5, 5.41) is 5.34. The third-order valence-corrected chi connectivity index (χ3v) is 1.45. The number of carbonyl (C=O) groups is 1. The summed E-state index contributed by atoms with van der Waals surface area (Å²) in [6.45, 7) is 7.87. The van der Waals surface area contributed by atoms with Gasteiger partial charge in [-0.3, -0.25) is 0 Å². The third-order valence-electron chi connectivity index (χ3n) is 1.45. The number of allylic oxidation sites excluding steroid dienone is 1. The lowest BCUT2D eigenvalue weighted by atomic mass is 10.4. The maximum absolute atomic E-state index is 11.1. The highest BCUT2D eigenvalue weighted by Gasteiger charge is 1.95. The highest BCUT2D eigenvalue weighted by molar-refractivity contribution is 5.74. The monoisotopic (exact) mass is 200 g/mol. The Morgan fingerprint density at radius 3 is 2.71 bits per heavy atom. The minimum atomic E-state index is -0.164. The number of amides is 2. The van der Waals surface area contributed by atoms with Gasteiger partial charge < -0.3 is 15.4 Å². The van der Waals surface area contributed by atoms with Crippen LogP contribution >= 0.6 is 0 Å². The fraction of sp³-hybridized carbons (Fsp3) is 0.700. The van der Waals surface area contributed by atoms with E-state index < -0.39 is 0 Å². The second-order valence-corrected chi connectivity index (χ2v) is 3.17. The molecule has 0 saturated carbocycles. The summed E-state index contributed by atoms with van der Waals surface area (Å²) in [5.41, 5.74) is 1.06. The average molecular weight is 200 g/mol. The van der Waals surface area contributed by atoms with Gasteiger partial charge >= 0.3 is 6.03 Å². The SMILES string of the molecule is CCOCCCNC(=O)NC=C(C)C. The molecule has 0 bridgehead atoms. The summed E-state index contributed by atoms with van der Waals surface area (Å²) in [4.78, 5) is 11.1.